The molecule has 1 saturated heterocycles. The summed E-state index contributed by atoms with van der Waals surface area (Å²) in [4.78, 5) is 15.2. The number of nitrogens with zero attached hydrogens (tertiary/aromatic N) is 3. The number of hydrogen-bond acceptors (Lipinski definition) is 3. The number of halogens is 1. The van der Waals surface area contributed by atoms with Gasteiger partial charge in [0.1, 0.15) is 11.5 Å². The maximum absolute atomic E-state index is 13.3. The van der Waals surface area contributed by atoms with E-state index >= 15 is 0 Å². The number of nitrogens with one attached hydrogen (secondary N) is 1. The number of rotatable bonds is 6. The number of aromatic nitrogens is 2. The molecule has 0 aliphatic carbocycles. The SMILES string of the molecule is O=C(NCCN1CCCC1)c1cc(-c2ccccc2)nn1-c1ccc(F)cc1. The minimum absolute atomic E-state index is 0.182. The molecule has 1 aliphatic heterocycles. The van der Waals surface area contributed by atoms with Crippen LogP contribution in [0.1, 0.15) is 23.3 Å². The van der Waals surface area contributed by atoms with E-state index in [2.05, 4.69) is 15.3 Å². The molecule has 0 unspecified atom stereocenters. The lowest BCUT2D eigenvalue weighted by Gasteiger charge is -2.15. The summed E-state index contributed by atoms with van der Waals surface area (Å²) in [7, 11) is 0. The molecule has 2 aromatic carbocycles. The van der Waals surface area contributed by atoms with Crippen LogP contribution in [0.4, 0.5) is 4.39 Å². The van der Waals surface area contributed by atoms with Crippen LogP contribution < -0.4 is 5.32 Å². The first-order valence-corrected chi connectivity index (χ1v) is 9.63. The number of carbonyl (C=O) groups excluding carboxylic acids is 1. The zero-order valence-corrected chi connectivity index (χ0v) is 15.6. The molecule has 1 aromatic heterocycles. The van der Waals surface area contributed by atoms with E-state index in [4.69, 9.17) is 0 Å². The van der Waals surface area contributed by atoms with Crippen LogP contribution in [0.3, 0.4) is 0 Å². The molecule has 5 nitrogen and oxygen atoms in total. The van der Waals surface area contributed by atoms with Crippen molar-refractivity contribution in [2.45, 2.75) is 12.8 Å². The molecule has 144 valence electrons. The Morgan fingerprint density at radius 1 is 1.04 bits per heavy atom. The predicted octanol–water partition coefficient (Wildman–Crippen LogP) is 3.50. The van der Waals surface area contributed by atoms with Gasteiger partial charge >= 0.3 is 0 Å². The van der Waals surface area contributed by atoms with E-state index in [1.807, 2.05) is 30.3 Å². The average molecular weight is 378 g/mol. The van der Waals surface area contributed by atoms with Crippen LogP contribution in [-0.4, -0.2) is 46.8 Å². The molecular formula is C22H23FN4O. The van der Waals surface area contributed by atoms with E-state index in [0.717, 1.165) is 25.2 Å². The van der Waals surface area contributed by atoms with Crippen molar-refractivity contribution in [3.05, 3.63) is 72.2 Å². The molecule has 1 fully saturated rings. The Hall–Kier alpha value is -2.99. The fraction of sp³-hybridized carbons (Fsp3) is 0.273. The molecule has 4 rings (SSSR count). The van der Waals surface area contributed by atoms with Gasteiger partial charge in [-0.05, 0) is 56.3 Å². The Morgan fingerprint density at radius 2 is 1.75 bits per heavy atom. The minimum Gasteiger partial charge on any atom is -0.349 e. The van der Waals surface area contributed by atoms with Crippen molar-refractivity contribution >= 4 is 5.91 Å². The van der Waals surface area contributed by atoms with Crippen molar-refractivity contribution in [3.63, 3.8) is 0 Å². The predicted molar refractivity (Wildman–Crippen MR) is 107 cm³/mol. The van der Waals surface area contributed by atoms with Crippen LogP contribution in [-0.2, 0) is 0 Å². The summed E-state index contributed by atoms with van der Waals surface area (Å²) >= 11 is 0. The summed E-state index contributed by atoms with van der Waals surface area (Å²) in [6, 6.07) is 17.5. The third-order valence-electron chi connectivity index (χ3n) is 5.00. The molecule has 0 bridgehead atoms. The van der Waals surface area contributed by atoms with Gasteiger partial charge in [0.25, 0.3) is 5.91 Å². The topological polar surface area (TPSA) is 50.2 Å². The summed E-state index contributed by atoms with van der Waals surface area (Å²) in [6.45, 7) is 3.64. The largest absolute Gasteiger partial charge is 0.349 e. The monoisotopic (exact) mass is 378 g/mol. The zero-order chi connectivity index (χ0) is 19.3. The van der Waals surface area contributed by atoms with Gasteiger partial charge in [0.2, 0.25) is 0 Å². The van der Waals surface area contributed by atoms with Gasteiger partial charge in [-0.2, -0.15) is 5.10 Å². The molecule has 0 atom stereocenters. The first-order valence-electron chi connectivity index (χ1n) is 9.63. The number of likely N-dealkylation sites (tertiary alicyclic amines) is 1. The van der Waals surface area contributed by atoms with Crippen molar-refractivity contribution < 1.29 is 9.18 Å². The van der Waals surface area contributed by atoms with Gasteiger partial charge in [-0.25, -0.2) is 9.07 Å². The molecule has 1 aliphatic rings. The lowest BCUT2D eigenvalue weighted by Crippen LogP contribution is -2.34. The van der Waals surface area contributed by atoms with E-state index in [1.165, 1.54) is 25.0 Å². The maximum atomic E-state index is 13.3. The van der Waals surface area contributed by atoms with E-state index in [-0.39, 0.29) is 11.7 Å². The standard InChI is InChI=1S/C22H23FN4O/c23-18-8-10-19(11-9-18)27-21(16-20(25-27)17-6-2-1-3-7-17)22(28)24-12-15-26-13-4-5-14-26/h1-3,6-11,16H,4-5,12-15H2,(H,24,28). The summed E-state index contributed by atoms with van der Waals surface area (Å²) < 4.78 is 14.9. The van der Waals surface area contributed by atoms with Gasteiger partial charge in [0.15, 0.2) is 0 Å². The van der Waals surface area contributed by atoms with E-state index in [1.54, 1.807) is 22.9 Å². The summed E-state index contributed by atoms with van der Waals surface area (Å²) in [5, 5.41) is 7.61. The van der Waals surface area contributed by atoms with E-state index in [9.17, 15) is 9.18 Å². The third-order valence-corrected chi connectivity index (χ3v) is 5.00. The quantitative estimate of drug-likeness (QED) is 0.714. The van der Waals surface area contributed by atoms with Gasteiger partial charge in [-0.1, -0.05) is 30.3 Å². The van der Waals surface area contributed by atoms with Crippen LogP contribution in [0.2, 0.25) is 0 Å². The lowest BCUT2D eigenvalue weighted by atomic mass is 10.1. The van der Waals surface area contributed by atoms with E-state index < -0.39 is 0 Å². The van der Waals surface area contributed by atoms with Crippen molar-refractivity contribution in [1.29, 1.82) is 0 Å². The van der Waals surface area contributed by atoms with Crippen LogP contribution in [0.5, 0.6) is 0 Å². The number of hydrogen-bond donors (Lipinski definition) is 1. The Balaban J connectivity index is 1.59. The third kappa shape index (κ3) is 4.12. The smallest absolute Gasteiger partial charge is 0.270 e. The highest BCUT2D eigenvalue weighted by Crippen LogP contribution is 2.22. The molecule has 1 N–H and O–H groups in total. The highest BCUT2D eigenvalue weighted by atomic mass is 19.1. The summed E-state index contributed by atoms with van der Waals surface area (Å²) in [6.07, 6.45) is 2.46. The van der Waals surface area contributed by atoms with Gasteiger partial charge in [0, 0.05) is 18.7 Å². The molecular weight excluding hydrogens is 355 g/mol. The van der Waals surface area contributed by atoms with Crippen molar-refractivity contribution in [3.8, 4) is 16.9 Å². The first-order chi connectivity index (χ1) is 13.7. The van der Waals surface area contributed by atoms with Gasteiger partial charge < -0.3 is 10.2 Å². The Morgan fingerprint density at radius 3 is 2.46 bits per heavy atom. The van der Waals surface area contributed by atoms with Crippen LogP contribution in [0.15, 0.2) is 60.7 Å². The first kappa shape index (κ1) is 18.4. The number of carbonyl (C=O) groups is 1. The molecule has 6 heteroatoms. The highest BCUT2D eigenvalue weighted by molar-refractivity contribution is 5.94. The Labute approximate surface area is 163 Å². The average Bonchev–Trinajstić information content (AvgIpc) is 3.39. The molecule has 1 amide bonds. The molecule has 28 heavy (non-hydrogen) atoms. The van der Waals surface area contributed by atoms with Crippen molar-refractivity contribution in [2.75, 3.05) is 26.2 Å². The minimum atomic E-state index is -0.323. The second-order valence-corrected chi connectivity index (χ2v) is 6.97. The van der Waals surface area contributed by atoms with E-state index in [0.29, 0.717) is 23.6 Å². The van der Waals surface area contributed by atoms with Crippen molar-refractivity contribution in [1.82, 2.24) is 20.0 Å². The number of benzene rings is 2. The molecule has 0 radical (unpaired) electrons. The lowest BCUT2D eigenvalue weighted by molar-refractivity contribution is 0.0942. The van der Waals surface area contributed by atoms with Crippen LogP contribution in [0, 0.1) is 5.82 Å². The van der Waals surface area contributed by atoms with Gasteiger partial charge in [-0.3, -0.25) is 4.79 Å². The van der Waals surface area contributed by atoms with Gasteiger partial charge in [0.05, 0.1) is 11.4 Å². The second-order valence-electron chi connectivity index (χ2n) is 6.97. The number of amides is 1. The van der Waals surface area contributed by atoms with Gasteiger partial charge in [-0.15, -0.1) is 0 Å². The Bertz CT molecular complexity index is 931. The maximum Gasteiger partial charge on any atom is 0.270 e. The fourth-order valence-electron chi connectivity index (χ4n) is 3.50. The molecule has 2 heterocycles. The molecule has 0 saturated carbocycles. The molecule has 3 aromatic rings. The van der Waals surface area contributed by atoms with Crippen LogP contribution >= 0.6 is 0 Å². The van der Waals surface area contributed by atoms with Crippen molar-refractivity contribution in [2.24, 2.45) is 0 Å². The normalized spacial score (nSPS) is 14.3. The summed E-state index contributed by atoms with van der Waals surface area (Å²) in [5.41, 5.74) is 2.71. The highest BCUT2D eigenvalue weighted by Gasteiger charge is 2.18. The van der Waals surface area contributed by atoms with Crippen LogP contribution in [0.25, 0.3) is 16.9 Å². The summed E-state index contributed by atoms with van der Waals surface area (Å²) in [5.74, 6) is -0.506. The second kappa shape index (κ2) is 8.35. The fourth-order valence-corrected chi connectivity index (χ4v) is 3.50. The zero-order valence-electron chi connectivity index (χ0n) is 15.6. The molecule has 0 spiro atoms. The Kier molecular flexibility index (Phi) is 5.48.